The second-order valence-electron chi connectivity index (χ2n) is 7.67. The zero-order chi connectivity index (χ0) is 19.6. The van der Waals surface area contributed by atoms with Crippen molar-refractivity contribution in [2.45, 2.75) is 51.5 Å². The van der Waals surface area contributed by atoms with Gasteiger partial charge in [0.15, 0.2) is 5.82 Å². The Kier molecular flexibility index (Phi) is 5.03. The number of aromatic nitrogens is 4. The van der Waals surface area contributed by atoms with Gasteiger partial charge in [0.25, 0.3) is 0 Å². The van der Waals surface area contributed by atoms with Crippen molar-refractivity contribution in [3.05, 3.63) is 59.4 Å². The molecule has 1 saturated carbocycles. The molecule has 1 fully saturated rings. The number of tetrazole rings is 1. The van der Waals surface area contributed by atoms with Gasteiger partial charge in [-0.3, -0.25) is 0 Å². The summed E-state index contributed by atoms with van der Waals surface area (Å²) >= 11 is 0. The van der Waals surface area contributed by atoms with Crippen molar-refractivity contribution in [2.75, 3.05) is 12.4 Å². The van der Waals surface area contributed by atoms with E-state index in [1.165, 1.54) is 17.5 Å². The number of rotatable bonds is 5. The lowest BCUT2D eigenvalue weighted by molar-refractivity contribution is 0.308. The van der Waals surface area contributed by atoms with Crippen LogP contribution in [0.15, 0.2) is 42.5 Å². The molecule has 0 atom stereocenters. The van der Waals surface area contributed by atoms with Crippen LogP contribution in [0.25, 0.3) is 5.69 Å². The summed E-state index contributed by atoms with van der Waals surface area (Å²) in [7, 11) is 1.67. The Morgan fingerprint density at radius 2 is 1.82 bits per heavy atom. The molecule has 1 heterocycles. The molecule has 6 heteroatoms. The number of ether oxygens (including phenoxy) is 1. The number of nitrogens with zero attached hydrogens (tertiary/aromatic N) is 4. The van der Waals surface area contributed by atoms with Gasteiger partial charge < -0.3 is 10.1 Å². The second-order valence-corrected chi connectivity index (χ2v) is 7.67. The van der Waals surface area contributed by atoms with E-state index in [1.807, 2.05) is 28.9 Å². The summed E-state index contributed by atoms with van der Waals surface area (Å²) in [6.45, 7) is 4.27. The van der Waals surface area contributed by atoms with Crippen LogP contribution in [-0.4, -0.2) is 27.3 Å². The number of methoxy groups -OCH3 is 1. The number of hydrogen-bond acceptors (Lipinski definition) is 5. The predicted molar refractivity (Wildman–Crippen MR) is 110 cm³/mol. The maximum Gasteiger partial charge on any atom is 0.182 e. The number of hydrogen-bond donors (Lipinski definition) is 1. The molecule has 2 aromatic carbocycles. The van der Waals surface area contributed by atoms with Crippen LogP contribution < -0.4 is 10.1 Å². The van der Waals surface area contributed by atoms with Crippen LogP contribution in [-0.2, 0) is 5.54 Å². The van der Waals surface area contributed by atoms with E-state index in [0.29, 0.717) is 0 Å². The molecule has 0 spiro atoms. The van der Waals surface area contributed by atoms with Crippen molar-refractivity contribution in [1.29, 1.82) is 0 Å². The summed E-state index contributed by atoms with van der Waals surface area (Å²) in [4.78, 5) is 0. The highest BCUT2D eigenvalue weighted by Gasteiger charge is 2.39. The van der Waals surface area contributed by atoms with Gasteiger partial charge in [0.1, 0.15) is 11.4 Å². The van der Waals surface area contributed by atoms with E-state index >= 15 is 0 Å². The van der Waals surface area contributed by atoms with Gasteiger partial charge in [-0.2, -0.15) is 4.68 Å². The van der Waals surface area contributed by atoms with Gasteiger partial charge in [-0.1, -0.05) is 49.1 Å². The molecule has 0 bridgehead atoms. The topological polar surface area (TPSA) is 64.9 Å². The minimum absolute atomic E-state index is 0.303. The zero-order valence-corrected chi connectivity index (χ0v) is 16.8. The molecular weight excluding hydrogens is 350 g/mol. The van der Waals surface area contributed by atoms with Crippen LogP contribution in [0.3, 0.4) is 0 Å². The molecule has 146 valence electrons. The molecule has 0 saturated heterocycles. The first-order chi connectivity index (χ1) is 13.6. The van der Waals surface area contributed by atoms with Crippen molar-refractivity contribution in [2.24, 2.45) is 0 Å². The molecule has 0 aliphatic heterocycles. The van der Waals surface area contributed by atoms with E-state index in [0.717, 1.165) is 48.6 Å². The molecule has 0 radical (unpaired) electrons. The summed E-state index contributed by atoms with van der Waals surface area (Å²) in [6, 6.07) is 14.4. The maximum absolute atomic E-state index is 5.56. The van der Waals surface area contributed by atoms with Gasteiger partial charge in [-0.25, -0.2) is 0 Å². The fourth-order valence-corrected chi connectivity index (χ4v) is 4.22. The van der Waals surface area contributed by atoms with Gasteiger partial charge in [0.2, 0.25) is 0 Å². The van der Waals surface area contributed by atoms with Crippen LogP contribution >= 0.6 is 0 Å². The summed E-state index contributed by atoms with van der Waals surface area (Å²) < 4.78 is 7.39. The van der Waals surface area contributed by atoms with Gasteiger partial charge in [-0.05, 0) is 60.9 Å². The number of anilines is 1. The number of aryl methyl sites for hydroxylation is 2. The number of para-hydroxylation sites is 2. The smallest absolute Gasteiger partial charge is 0.182 e. The molecule has 1 aliphatic rings. The van der Waals surface area contributed by atoms with Crippen LogP contribution in [0.2, 0.25) is 0 Å². The Labute approximate surface area is 165 Å². The first-order valence-corrected chi connectivity index (χ1v) is 9.91. The molecule has 28 heavy (non-hydrogen) atoms. The fraction of sp³-hybridized carbons (Fsp3) is 0.409. The van der Waals surface area contributed by atoms with Gasteiger partial charge >= 0.3 is 0 Å². The molecular formula is C22H27N5O. The summed E-state index contributed by atoms with van der Waals surface area (Å²) in [5.41, 5.74) is 4.20. The molecule has 0 amide bonds. The molecule has 4 rings (SSSR count). The van der Waals surface area contributed by atoms with Crippen LogP contribution in [0.1, 0.15) is 49.1 Å². The van der Waals surface area contributed by atoms with Crippen LogP contribution in [0, 0.1) is 13.8 Å². The standard InChI is InChI=1S/C22H27N5O/c1-16-11-12-18(17(2)15-16)23-22(13-7-4-8-14-22)21-24-25-26-27(21)19-9-5-6-10-20(19)28-3/h5-6,9-12,15,23H,4,7-8,13-14H2,1-3H3. The van der Waals surface area contributed by atoms with E-state index in [2.05, 4.69) is 52.9 Å². The number of benzene rings is 2. The van der Waals surface area contributed by atoms with Crippen molar-refractivity contribution in [3.63, 3.8) is 0 Å². The van der Waals surface area contributed by atoms with Gasteiger partial charge in [-0.15, -0.1) is 5.10 Å². The maximum atomic E-state index is 5.56. The average molecular weight is 377 g/mol. The lowest BCUT2D eigenvalue weighted by atomic mass is 9.80. The molecule has 6 nitrogen and oxygen atoms in total. The third kappa shape index (κ3) is 3.35. The first kappa shape index (κ1) is 18.5. The molecule has 3 aromatic rings. The second kappa shape index (κ2) is 7.62. The fourth-order valence-electron chi connectivity index (χ4n) is 4.22. The quantitative estimate of drug-likeness (QED) is 0.706. The van der Waals surface area contributed by atoms with Crippen LogP contribution in [0.4, 0.5) is 5.69 Å². The van der Waals surface area contributed by atoms with Crippen LogP contribution in [0.5, 0.6) is 5.75 Å². The highest BCUT2D eigenvalue weighted by atomic mass is 16.5. The van der Waals surface area contributed by atoms with E-state index in [1.54, 1.807) is 7.11 Å². The van der Waals surface area contributed by atoms with E-state index in [9.17, 15) is 0 Å². The SMILES string of the molecule is COc1ccccc1-n1nnnc1C1(Nc2ccc(C)cc2C)CCCCC1. The Bertz CT molecular complexity index is 959. The highest BCUT2D eigenvalue weighted by molar-refractivity contribution is 5.55. The molecule has 1 N–H and O–H groups in total. The Morgan fingerprint density at radius 3 is 2.57 bits per heavy atom. The van der Waals surface area contributed by atoms with E-state index in [-0.39, 0.29) is 5.54 Å². The largest absolute Gasteiger partial charge is 0.494 e. The lowest BCUT2D eigenvalue weighted by Crippen LogP contribution is -2.40. The van der Waals surface area contributed by atoms with Crippen molar-refractivity contribution in [3.8, 4) is 11.4 Å². The molecule has 1 aliphatic carbocycles. The summed E-state index contributed by atoms with van der Waals surface area (Å²) in [5, 5.41) is 16.7. The van der Waals surface area contributed by atoms with Crippen molar-refractivity contribution >= 4 is 5.69 Å². The minimum atomic E-state index is -0.303. The minimum Gasteiger partial charge on any atom is -0.494 e. The Balaban J connectivity index is 1.80. The van der Waals surface area contributed by atoms with Gasteiger partial charge in [0.05, 0.1) is 12.6 Å². The average Bonchev–Trinajstić information content (AvgIpc) is 3.21. The van der Waals surface area contributed by atoms with Crippen molar-refractivity contribution < 1.29 is 4.74 Å². The third-order valence-electron chi connectivity index (χ3n) is 5.67. The third-order valence-corrected chi connectivity index (χ3v) is 5.67. The molecule has 0 unspecified atom stereocenters. The highest BCUT2D eigenvalue weighted by Crippen LogP contribution is 2.41. The Morgan fingerprint density at radius 1 is 1.04 bits per heavy atom. The Hall–Kier alpha value is -2.89. The predicted octanol–water partition coefficient (Wildman–Crippen LogP) is 4.56. The monoisotopic (exact) mass is 377 g/mol. The van der Waals surface area contributed by atoms with E-state index in [4.69, 9.17) is 4.74 Å². The summed E-state index contributed by atoms with van der Waals surface area (Å²) in [6.07, 6.45) is 5.53. The molecule has 1 aromatic heterocycles. The first-order valence-electron chi connectivity index (χ1n) is 9.91. The zero-order valence-electron chi connectivity index (χ0n) is 16.8. The normalized spacial score (nSPS) is 16.0. The van der Waals surface area contributed by atoms with E-state index < -0.39 is 0 Å². The van der Waals surface area contributed by atoms with Crippen molar-refractivity contribution in [1.82, 2.24) is 20.2 Å². The summed E-state index contributed by atoms with van der Waals surface area (Å²) in [5.74, 6) is 1.60. The number of nitrogens with one attached hydrogen (secondary N) is 1. The lowest BCUT2D eigenvalue weighted by Gasteiger charge is -2.38. The van der Waals surface area contributed by atoms with Gasteiger partial charge in [0, 0.05) is 5.69 Å².